The molecular formula is C64H66BN3S. The standard InChI is InChI=1S/C64H66BN3S/c1-60(2,3)39-22-26-42(27-23-39)66-53-31-25-40(61(4,5)6)34-50(53)65-57-54(66)37-44(67-51-20-16-14-18-45(51)46-19-15-17-21-52(46)67)38-55(57)68(43-28-30-48-49(36-43)64(12,13)33-32-63(48,10)11)58-47-29-24-41(62(7,8)9)35-56(47)69-59(58)65/h14-31,34-38H,32-33H2,1-13H3. The van der Waals surface area contributed by atoms with Gasteiger partial charge in [-0.15, -0.1) is 11.3 Å². The molecule has 0 N–H and O–H groups in total. The molecule has 7 aromatic carbocycles. The van der Waals surface area contributed by atoms with E-state index in [0.29, 0.717) is 0 Å². The third-order valence-electron chi connectivity index (χ3n) is 16.3. The van der Waals surface area contributed by atoms with Gasteiger partial charge in [0.1, 0.15) is 0 Å². The molecule has 0 bridgehead atoms. The van der Waals surface area contributed by atoms with Crippen LogP contribution in [0.25, 0.3) is 37.6 Å². The van der Waals surface area contributed by atoms with Crippen LogP contribution in [0.5, 0.6) is 0 Å². The van der Waals surface area contributed by atoms with Crippen molar-refractivity contribution in [2.24, 2.45) is 0 Å². The fourth-order valence-electron chi connectivity index (χ4n) is 12.1. The van der Waals surface area contributed by atoms with Crippen LogP contribution in [0.4, 0.5) is 34.1 Å². The third kappa shape index (κ3) is 6.73. The van der Waals surface area contributed by atoms with E-state index < -0.39 is 0 Å². The largest absolute Gasteiger partial charge is 0.311 e. The second kappa shape index (κ2) is 14.7. The predicted molar refractivity (Wildman–Crippen MR) is 302 cm³/mol. The van der Waals surface area contributed by atoms with E-state index in [1.165, 1.54) is 116 Å². The highest BCUT2D eigenvalue weighted by molar-refractivity contribution is 7.33. The first-order valence-electron chi connectivity index (χ1n) is 25.3. The average Bonchev–Trinajstić information content (AvgIpc) is 3.85. The lowest BCUT2D eigenvalue weighted by Crippen LogP contribution is -2.60. The van der Waals surface area contributed by atoms with Crippen molar-refractivity contribution >= 4 is 99.8 Å². The number of thiophene rings is 1. The lowest BCUT2D eigenvalue weighted by Gasteiger charge is -2.45. The fourth-order valence-corrected chi connectivity index (χ4v) is 13.5. The van der Waals surface area contributed by atoms with Crippen molar-refractivity contribution < 1.29 is 0 Å². The summed E-state index contributed by atoms with van der Waals surface area (Å²) in [6.45, 7) is 30.9. The second-order valence-corrected chi connectivity index (χ2v) is 26.0. The maximum atomic E-state index is 2.70. The molecule has 0 amide bonds. The Labute approximate surface area is 414 Å². The van der Waals surface area contributed by atoms with Crippen molar-refractivity contribution in [2.45, 2.75) is 130 Å². The van der Waals surface area contributed by atoms with E-state index in [0.717, 1.165) is 12.1 Å². The van der Waals surface area contributed by atoms with Crippen molar-refractivity contribution in [3.8, 4) is 5.69 Å². The summed E-state index contributed by atoms with van der Waals surface area (Å²) in [6.07, 6.45) is 2.35. The molecule has 3 aliphatic rings. The van der Waals surface area contributed by atoms with Crippen LogP contribution in [0.3, 0.4) is 0 Å². The maximum absolute atomic E-state index is 2.70. The van der Waals surface area contributed by atoms with Gasteiger partial charge in [-0.1, -0.05) is 169 Å². The minimum absolute atomic E-state index is 0.0133. The molecule has 0 fully saturated rings. The molecule has 3 nitrogen and oxygen atoms in total. The number of benzene rings is 7. The number of fused-ring (bicyclic) bond motifs is 10. The quantitative estimate of drug-likeness (QED) is 0.164. The Morgan fingerprint density at radius 1 is 0.464 bits per heavy atom. The van der Waals surface area contributed by atoms with Crippen molar-refractivity contribution in [3.05, 3.63) is 167 Å². The van der Waals surface area contributed by atoms with Gasteiger partial charge in [0.05, 0.1) is 22.4 Å². The first-order valence-corrected chi connectivity index (χ1v) is 26.2. The summed E-state index contributed by atoms with van der Waals surface area (Å²) in [6, 6.07) is 54.7. The molecule has 0 spiro atoms. The fraction of sp³-hybridized carbons (Fsp3) is 0.312. The van der Waals surface area contributed by atoms with Gasteiger partial charge in [0.15, 0.2) is 0 Å². The SMILES string of the molecule is CC(C)(C)c1ccc(N2c3ccc(C(C)(C)C)cc3B3c4sc5cc(C(C)(C)C)ccc5c4N(c4ccc5c(c4)C(C)(C)CCC5(C)C)c4cc(-n5c6ccccc6c6ccccc65)cc2c43)cc1. The minimum Gasteiger partial charge on any atom is -0.311 e. The molecule has 0 radical (unpaired) electrons. The van der Waals surface area contributed by atoms with Crippen LogP contribution >= 0.6 is 11.3 Å². The van der Waals surface area contributed by atoms with Crippen molar-refractivity contribution in [1.82, 2.24) is 4.57 Å². The Morgan fingerprint density at radius 2 is 1.00 bits per heavy atom. The van der Waals surface area contributed by atoms with Crippen LogP contribution in [0, 0.1) is 0 Å². The van der Waals surface area contributed by atoms with Crippen molar-refractivity contribution in [3.63, 3.8) is 0 Å². The van der Waals surface area contributed by atoms with E-state index >= 15 is 0 Å². The zero-order valence-corrected chi connectivity index (χ0v) is 43.8. The van der Waals surface area contributed by atoms with Crippen LogP contribution in [0.2, 0.25) is 0 Å². The van der Waals surface area contributed by atoms with E-state index in [9.17, 15) is 0 Å². The molecular weight excluding hydrogens is 854 g/mol. The first kappa shape index (κ1) is 44.2. The predicted octanol–water partition coefficient (Wildman–Crippen LogP) is 16.3. The van der Waals surface area contributed by atoms with E-state index in [-0.39, 0.29) is 33.8 Å². The molecule has 69 heavy (non-hydrogen) atoms. The number of anilines is 6. The van der Waals surface area contributed by atoms with Crippen LogP contribution in [-0.4, -0.2) is 11.3 Å². The lowest BCUT2D eigenvalue weighted by atomic mass is 9.36. The van der Waals surface area contributed by atoms with Gasteiger partial charge >= 0.3 is 0 Å². The number of hydrogen-bond donors (Lipinski definition) is 0. The molecule has 2 aromatic heterocycles. The zero-order valence-electron chi connectivity index (χ0n) is 43.0. The Bertz CT molecular complexity index is 3530. The number of nitrogens with zero attached hydrogens (tertiary/aromatic N) is 3. The molecule has 4 heterocycles. The Kier molecular flexibility index (Phi) is 9.45. The molecule has 0 saturated heterocycles. The van der Waals surface area contributed by atoms with E-state index in [4.69, 9.17) is 0 Å². The summed E-state index contributed by atoms with van der Waals surface area (Å²) < 4.78 is 5.30. The maximum Gasteiger partial charge on any atom is 0.264 e. The van der Waals surface area contributed by atoms with Crippen LogP contribution in [0.1, 0.15) is 131 Å². The highest BCUT2D eigenvalue weighted by Crippen LogP contribution is 2.53. The monoisotopic (exact) mass is 920 g/mol. The molecule has 5 heteroatoms. The summed E-state index contributed by atoms with van der Waals surface area (Å²) in [4.78, 5) is 5.31. The summed E-state index contributed by atoms with van der Waals surface area (Å²) in [7, 11) is 0. The molecule has 346 valence electrons. The Balaban J connectivity index is 1.25. The summed E-state index contributed by atoms with van der Waals surface area (Å²) in [5.41, 5.74) is 21.0. The Morgan fingerprint density at radius 3 is 1.62 bits per heavy atom. The number of para-hydroxylation sites is 2. The van der Waals surface area contributed by atoms with Gasteiger partial charge in [-0.25, -0.2) is 0 Å². The van der Waals surface area contributed by atoms with Gasteiger partial charge in [0.25, 0.3) is 6.71 Å². The van der Waals surface area contributed by atoms with Gasteiger partial charge in [-0.2, -0.15) is 0 Å². The van der Waals surface area contributed by atoms with E-state index in [1.54, 1.807) is 0 Å². The van der Waals surface area contributed by atoms with Crippen LogP contribution in [0.15, 0.2) is 140 Å². The van der Waals surface area contributed by atoms with Gasteiger partial charge in [-0.05, 0) is 139 Å². The van der Waals surface area contributed by atoms with Crippen molar-refractivity contribution in [1.29, 1.82) is 0 Å². The molecule has 1 aliphatic carbocycles. The smallest absolute Gasteiger partial charge is 0.264 e. The van der Waals surface area contributed by atoms with Crippen LogP contribution < -0.4 is 25.5 Å². The lowest BCUT2D eigenvalue weighted by molar-refractivity contribution is 0.332. The molecule has 12 rings (SSSR count). The zero-order chi connectivity index (χ0) is 48.3. The molecule has 0 unspecified atom stereocenters. The molecule has 2 aliphatic heterocycles. The van der Waals surface area contributed by atoms with E-state index in [2.05, 4.69) is 244 Å². The highest BCUT2D eigenvalue weighted by Gasteiger charge is 2.47. The second-order valence-electron chi connectivity index (χ2n) is 25.0. The minimum atomic E-state index is -0.0350. The van der Waals surface area contributed by atoms with E-state index in [1.807, 2.05) is 11.3 Å². The Hall–Kier alpha value is -6.04. The van der Waals surface area contributed by atoms with Gasteiger partial charge in [0.2, 0.25) is 0 Å². The molecule has 0 saturated carbocycles. The van der Waals surface area contributed by atoms with Crippen LogP contribution in [-0.2, 0) is 27.1 Å². The summed E-state index contributed by atoms with van der Waals surface area (Å²) >= 11 is 2.01. The highest BCUT2D eigenvalue weighted by atomic mass is 32.1. The van der Waals surface area contributed by atoms with Gasteiger partial charge in [0, 0.05) is 54.1 Å². The number of hydrogen-bond acceptors (Lipinski definition) is 3. The topological polar surface area (TPSA) is 11.4 Å². The van der Waals surface area contributed by atoms with Gasteiger partial charge < -0.3 is 14.4 Å². The molecule has 9 aromatic rings. The normalized spacial score (nSPS) is 16.2. The molecule has 0 atom stereocenters. The number of rotatable bonds is 3. The summed E-state index contributed by atoms with van der Waals surface area (Å²) in [5, 5.41) is 3.86. The first-order chi connectivity index (χ1) is 32.6. The average molecular weight is 920 g/mol. The number of aromatic nitrogens is 1. The summed E-state index contributed by atoms with van der Waals surface area (Å²) in [5.74, 6) is 0. The van der Waals surface area contributed by atoms with Crippen molar-refractivity contribution in [2.75, 3.05) is 9.80 Å². The van der Waals surface area contributed by atoms with Gasteiger partial charge in [-0.3, -0.25) is 0 Å². The third-order valence-corrected chi connectivity index (χ3v) is 17.5.